The second-order valence-electron chi connectivity index (χ2n) is 3.57. The number of nitrogens with zero attached hydrogens (tertiary/aromatic N) is 1. The van der Waals surface area contributed by atoms with Crippen LogP contribution in [0, 0.1) is 0 Å². The molecule has 0 aliphatic carbocycles. The number of hydrogen-bond donors (Lipinski definition) is 1. The molecule has 0 spiro atoms. The zero-order chi connectivity index (χ0) is 11.5. The average molecular weight is 257 g/mol. The Morgan fingerprint density at radius 3 is 3.00 bits per heavy atom. The first kappa shape index (κ1) is 11.6. The van der Waals surface area contributed by atoms with E-state index in [0.717, 1.165) is 16.6 Å². The van der Waals surface area contributed by atoms with E-state index in [4.69, 9.17) is 16.3 Å². The molecule has 1 aliphatic rings. The van der Waals surface area contributed by atoms with E-state index < -0.39 is 0 Å². The molecular weight excluding hydrogens is 244 g/mol. The van der Waals surface area contributed by atoms with Gasteiger partial charge in [-0.05, 0) is 19.1 Å². The summed E-state index contributed by atoms with van der Waals surface area (Å²) in [5.74, 6) is 1.70. The van der Waals surface area contributed by atoms with Gasteiger partial charge in [0.25, 0.3) is 0 Å². The van der Waals surface area contributed by atoms with Crippen LogP contribution in [0.4, 0.5) is 5.69 Å². The van der Waals surface area contributed by atoms with Crippen LogP contribution in [0.1, 0.15) is 6.92 Å². The standard InChI is InChI=1S/C11H13ClN2OS/c1-7-6-16-11(13-7)14-8-3-4-9(12)10(5-8)15-2/h3-5,7H,6H2,1-2H3,(H,13,14). The monoisotopic (exact) mass is 256 g/mol. The maximum atomic E-state index is 5.95. The van der Waals surface area contributed by atoms with E-state index in [1.54, 1.807) is 18.9 Å². The Bertz CT molecular complexity index is 422. The highest BCUT2D eigenvalue weighted by Crippen LogP contribution is 2.28. The molecule has 0 bridgehead atoms. The highest BCUT2D eigenvalue weighted by atomic mass is 35.5. The molecule has 1 unspecified atom stereocenters. The van der Waals surface area contributed by atoms with E-state index in [1.165, 1.54) is 0 Å². The summed E-state index contributed by atoms with van der Waals surface area (Å²) < 4.78 is 5.15. The quantitative estimate of drug-likeness (QED) is 0.882. The van der Waals surface area contributed by atoms with Crippen LogP contribution in [-0.2, 0) is 0 Å². The summed E-state index contributed by atoms with van der Waals surface area (Å²) in [7, 11) is 1.61. The number of ether oxygens (including phenoxy) is 1. The summed E-state index contributed by atoms with van der Waals surface area (Å²) >= 11 is 7.68. The predicted octanol–water partition coefficient (Wildman–Crippen LogP) is 3.25. The minimum atomic E-state index is 0.390. The number of nitrogens with one attached hydrogen (secondary N) is 1. The topological polar surface area (TPSA) is 33.6 Å². The normalized spacial score (nSPS) is 19.4. The Labute approximate surface area is 104 Å². The summed E-state index contributed by atoms with van der Waals surface area (Å²) in [5.41, 5.74) is 0.946. The molecule has 2 rings (SSSR count). The number of aliphatic imine (C=N–C) groups is 1. The molecule has 1 N–H and O–H groups in total. The summed E-state index contributed by atoms with van der Waals surface area (Å²) in [6, 6.07) is 5.99. The summed E-state index contributed by atoms with van der Waals surface area (Å²) in [4.78, 5) is 4.46. The molecule has 0 radical (unpaired) electrons. The molecule has 3 nitrogen and oxygen atoms in total. The van der Waals surface area contributed by atoms with E-state index in [0.29, 0.717) is 16.8 Å². The van der Waals surface area contributed by atoms with Crippen LogP contribution >= 0.6 is 23.4 Å². The SMILES string of the molecule is COc1cc(NC2=NC(C)CS2)ccc1Cl. The van der Waals surface area contributed by atoms with Gasteiger partial charge in [0.05, 0.1) is 18.2 Å². The fraction of sp³-hybridized carbons (Fsp3) is 0.364. The zero-order valence-electron chi connectivity index (χ0n) is 9.16. The largest absolute Gasteiger partial charge is 0.495 e. The third-order valence-corrected chi connectivity index (χ3v) is 3.64. The first-order valence-corrected chi connectivity index (χ1v) is 6.36. The average Bonchev–Trinajstić information content (AvgIpc) is 2.67. The van der Waals surface area contributed by atoms with E-state index >= 15 is 0 Å². The van der Waals surface area contributed by atoms with Gasteiger partial charge < -0.3 is 10.1 Å². The number of thioether (sulfide) groups is 1. The predicted molar refractivity (Wildman–Crippen MR) is 71.0 cm³/mol. The van der Waals surface area contributed by atoms with Gasteiger partial charge in [-0.1, -0.05) is 23.4 Å². The van der Waals surface area contributed by atoms with Crippen molar-refractivity contribution in [1.82, 2.24) is 0 Å². The molecule has 1 atom stereocenters. The molecule has 0 saturated heterocycles. The van der Waals surface area contributed by atoms with Gasteiger partial charge in [0, 0.05) is 17.5 Å². The highest BCUT2D eigenvalue weighted by Gasteiger charge is 2.14. The third-order valence-electron chi connectivity index (χ3n) is 2.20. The molecule has 0 fully saturated rings. The Morgan fingerprint density at radius 1 is 1.56 bits per heavy atom. The van der Waals surface area contributed by atoms with Crippen molar-refractivity contribution in [1.29, 1.82) is 0 Å². The summed E-state index contributed by atoms with van der Waals surface area (Å²) in [6.45, 7) is 2.10. The Morgan fingerprint density at radius 2 is 2.38 bits per heavy atom. The number of methoxy groups -OCH3 is 1. The second kappa shape index (κ2) is 4.97. The van der Waals surface area contributed by atoms with Gasteiger partial charge in [0.2, 0.25) is 0 Å². The Balaban J connectivity index is 2.13. The number of amidine groups is 1. The van der Waals surface area contributed by atoms with E-state index in [2.05, 4.69) is 17.2 Å². The first-order chi connectivity index (χ1) is 7.69. The summed E-state index contributed by atoms with van der Waals surface area (Å²) in [6.07, 6.45) is 0. The van der Waals surface area contributed by atoms with Crippen molar-refractivity contribution < 1.29 is 4.74 Å². The Kier molecular flexibility index (Phi) is 3.61. The fourth-order valence-electron chi connectivity index (χ4n) is 1.40. The summed E-state index contributed by atoms with van der Waals surface area (Å²) in [5, 5.41) is 4.82. The van der Waals surface area contributed by atoms with Gasteiger partial charge in [-0.15, -0.1) is 0 Å². The van der Waals surface area contributed by atoms with Crippen LogP contribution < -0.4 is 10.1 Å². The molecule has 86 valence electrons. The number of hydrogen-bond acceptors (Lipinski definition) is 4. The minimum absolute atomic E-state index is 0.390. The van der Waals surface area contributed by atoms with Crippen molar-refractivity contribution >= 4 is 34.2 Å². The lowest BCUT2D eigenvalue weighted by Gasteiger charge is -2.08. The van der Waals surface area contributed by atoms with Crippen molar-refractivity contribution in [2.75, 3.05) is 18.2 Å². The zero-order valence-corrected chi connectivity index (χ0v) is 10.7. The molecular formula is C11H13ClN2OS. The lowest BCUT2D eigenvalue weighted by molar-refractivity contribution is 0.415. The van der Waals surface area contributed by atoms with Crippen molar-refractivity contribution in [2.24, 2.45) is 4.99 Å². The number of anilines is 1. The maximum Gasteiger partial charge on any atom is 0.161 e. The van der Waals surface area contributed by atoms with Gasteiger partial charge in [-0.3, -0.25) is 4.99 Å². The highest BCUT2D eigenvalue weighted by molar-refractivity contribution is 8.14. The van der Waals surface area contributed by atoms with Crippen LogP contribution in [-0.4, -0.2) is 24.1 Å². The molecule has 1 aromatic carbocycles. The molecule has 5 heteroatoms. The molecule has 1 aromatic rings. The van der Waals surface area contributed by atoms with Crippen LogP contribution in [0.15, 0.2) is 23.2 Å². The molecule has 1 heterocycles. The van der Waals surface area contributed by atoms with Gasteiger partial charge in [-0.2, -0.15) is 0 Å². The minimum Gasteiger partial charge on any atom is -0.495 e. The van der Waals surface area contributed by atoms with E-state index in [9.17, 15) is 0 Å². The van der Waals surface area contributed by atoms with Crippen LogP contribution in [0.3, 0.4) is 0 Å². The molecule has 16 heavy (non-hydrogen) atoms. The smallest absolute Gasteiger partial charge is 0.161 e. The van der Waals surface area contributed by atoms with E-state index in [1.807, 2.05) is 18.2 Å². The van der Waals surface area contributed by atoms with E-state index in [-0.39, 0.29) is 0 Å². The second-order valence-corrected chi connectivity index (χ2v) is 4.98. The van der Waals surface area contributed by atoms with Crippen LogP contribution in [0.25, 0.3) is 0 Å². The van der Waals surface area contributed by atoms with Gasteiger partial charge in [-0.25, -0.2) is 0 Å². The maximum absolute atomic E-state index is 5.95. The van der Waals surface area contributed by atoms with Crippen molar-refractivity contribution in [3.8, 4) is 5.75 Å². The molecule has 0 aromatic heterocycles. The van der Waals surface area contributed by atoms with Gasteiger partial charge >= 0.3 is 0 Å². The lowest BCUT2D eigenvalue weighted by Crippen LogP contribution is -2.05. The molecule has 0 saturated carbocycles. The number of rotatable bonds is 2. The first-order valence-electron chi connectivity index (χ1n) is 5.00. The Hall–Kier alpha value is -0.870. The number of benzene rings is 1. The van der Waals surface area contributed by atoms with Gasteiger partial charge in [0.1, 0.15) is 5.75 Å². The fourth-order valence-corrected chi connectivity index (χ4v) is 2.52. The third kappa shape index (κ3) is 2.62. The van der Waals surface area contributed by atoms with Crippen molar-refractivity contribution in [3.63, 3.8) is 0 Å². The van der Waals surface area contributed by atoms with Crippen LogP contribution in [0.2, 0.25) is 5.02 Å². The lowest BCUT2D eigenvalue weighted by atomic mass is 10.3. The van der Waals surface area contributed by atoms with Crippen molar-refractivity contribution in [2.45, 2.75) is 13.0 Å². The van der Waals surface area contributed by atoms with Crippen LogP contribution in [0.5, 0.6) is 5.75 Å². The molecule has 1 aliphatic heterocycles. The number of halogens is 1. The van der Waals surface area contributed by atoms with Crippen molar-refractivity contribution in [3.05, 3.63) is 23.2 Å². The molecule has 0 amide bonds. The van der Waals surface area contributed by atoms with Gasteiger partial charge in [0.15, 0.2) is 5.17 Å².